The molecule has 0 bridgehead atoms. The largest absolute Gasteiger partial charge is 0.335 e. The van der Waals surface area contributed by atoms with Gasteiger partial charge in [-0.25, -0.2) is 0 Å². The van der Waals surface area contributed by atoms with Crippen molar-refractivity contribution in [1.82, 2.24) is 4.90 Å². The van der Waals surface area contributed by atoms with Gasteiger partial charge in [-0.2, -0.15) is 0 Å². The molecule has 0 N–H and O–H groups in total. The predicted octanol–water partition coefficient (Wildman–Crippen LogP) is 3.87. The fourth-order valence-corrected chi connectivity index (χ4v) is 2.89. The van der Waals surface area contributed by atoms with Crippen LogP contribution in [0.15, 0.2) is 64.7 Å². The number of allylic oxidation sites excluding steroid dienone is 7. The third-order valence-corrected chi connectivity index (χ3v) is 4.26. The van der Waals surface area contributed by atoms with Gasteiger partial charge in [-0.15, -0.1) is 0 Å². The van der Waals surface area contributed by atoms with Gasteiger partial charge in [0.25, 0.3) is 5.91 Å². The molecule has 2 aliphatic rings. The zero-order valence-corrected chi connectivity index (χ0v) is 14.5. The molecule has 0 saturated heterocycles. The van der Waals surface area contributed by atoms with Crippen LogP contribution in [0.2, 0.25) is 0 Å². The summed E-state index contributed by atoms with van der Waals surface area (Å²) in [5.41, 5.74) is 2.65. The maximum Gasteiger partial charge on any atom is 0.254 e. The van der Waals surface area contributed by atoms with Crippen molar-refractivity contribution in [3.8, 4) is 0 Å². The molecule has 2 aliphatic carbocycles. The highest BCUT2D eigenvalue weighted by atomic mass is 16.2. The molecule has 2 atom stereocenters. The highest BCUT2D eigenvalue weighted by Crippen LogP contribution is 2.21. The maximum absolute atomic E-state index is 12.8. The Morgan fingerprint density at radius 2 is 2.09 bits per heavy atom. The second-order valence-corrected chi connectivity index (χ2v) is 6.08. The first-order valence-corrected chi connectivity index (χ1v) is 8.26. The molecule has 0 aliphatic heterocycles. The fourth-order valence-electron chi connectivity index (χ4n) is 2.89. The molecule has 122 valence electrons. The number of rotatable bonds is 3. The summed E-state index contributed by atoms with van der Waals surface area (Å²) in [5, 5.41) is 0. The molecule has 3 nitrogen and oxygen atoms in total. The summed E-state index contributed by atoms with van der Waals surface area (Å²) in [7, 11) is 3.64. The van der Waals surface area contributed by atoms with Crippen LogP contribution in [0.4, 0.5) is 0 Å². The molecule has 0 aromatic heterocycles. The summed E-state index contributed by atoms with van der Waals surface area (Å²) in [6.45, 7) is 4.28. The summed E-state index contributed by atoms with van der Waals surface area (Å²) in [6.07, 6.45) is 18.2. The van der Waals surface area contributed by atoms with Gasteiger partial charge in [0.05, 0.1) is 11.8 Å². The smallest absolute Gasteiger partial charge is 0.254 e. The second-order valence-electron chi connectivity index (χ2n) is 6.08. The molecule has 0 aromatic rings. The molecule has 0 heterocycles. The van der Waals surface area contributed by atoms with Crippen LogP contribution >= 0.6 is 0 Å². The van der Waals surface area contributed by atoms with E-state index in [-0.39, 0.29) is 11.9 Å². The lowest BCUT2D eigenvalue weighted by Gasteiger charge is -2.27. The van der Waals surface area contributed by atoms with Gasteiger partial charge in [-0.3, -0.25) is 9.79 Å². The lowest BCUT2D eigenvalue weighted by atomic mass is 9.97. The highest BCUT2D eigenvalue weighted by Gasteiger charge is 2.23. The normalized spacial score (nSPS) is 27.2. The Morgan fingerprint density at radius 3 is 2.78 bits per heavy atom. The molecule has 0 radical (unpaired) electrons. The minimum absolute atomic E-state index is 0.0432. The van der Waals surface area contributed by atoms with Crippen molar-refractivity contribution in [2.45, 2.75) is 32.7 Å². The number of hydrogen-bond donors (Lipinski definition) is 0. The lowest BCUT2D eigenvalue weighted by molar-refractivity contribution is -0.126. The van der Waals surface area contributed by atoms with Gasteiger partial charge in [0, 0.05) is 19.7 Å². The van der Waals surface area contributed by atoms with E-state index in [1.54, 1.807) is 7.05 Å². The van der Waals surface area contributed by atoms with E-state index in [2.05, 4.69) is 43.1 Å². The quantitative estimate of drug-likeness (QED) is 0.779. The minimum atomic E-state index is 0.0432. The molecule has 1 amide bonds. The van der Waals surface area contributed by atoms with Crippen LogP contribution in [0.1, 0.15) is 26.7 Å². The van der Waals surface area contributed by atoms with Crippen molar-refractivity contribution in [2.75, 3.05) is 14.1 Å². The van der Waals surface area contributed by atoms with Gasteiger partial charge in [0.1, 0.15) is 0 Å². The molecule has 3 heteroatoms. The summed E-state index contributed by atoms with van der Waals surface area (Å²) in [4.78, 5) is 19.0. The molecular weight excluding hydrogens is 284 g/mol. The molecule has 2 rings (SSSR count). The Hall–Kier alpha value is -2.16. The first-order chi connectivity index (χ1) is 11.1. The number of carbonyl (C=O) groups is 1. The van der Waals surface area contributed by atoms with E-state index in [0.29, 0.717) is 11.5 Å². The van der Waals surface area contributed by atoms with Crippen molar-refractivity contribution < 1.29 is 4.79 Å². The van der Waals surface area contributed by atoms with Crippen molar-refractivity contribution in [3.63, 3.8) is 0 Å². The number of amides is 1. The molecule has 0 fully saturated rings. The Balaban J connectivity index is 2.17. The van der Waals surface area contributed by atoms with E-state index < -0.39 is 0 Å². The van der Waals surface area contributed by atoms with Crippen LogP contribution in [-0.2, 0) is 4.79 Å². The summed E-state index contributed by atoms with van der Waals surface area (Å²) in [6, 6.07) is 0.122. The van der Waals surface area contributed by atoms with Crippen molar-refractivity contribution in [3.05, 3.63) is 59.8 Å². The summed E-state index contributed by atoms with van der Waals surface area (Å²) in [5.74, 6) is 0.509. The SMILES string of the molecule is CC/C=C1/C=CC(C(=O)N(C)C2C=CC=CC(C)C2)=CC1=NC. The molecule has 23 heavy (non-hydrogen) atoms. The first kappa shape index (κ1) is 17.2. The number of nitrogens with zero attached hydrogens (tertiary/aromatic N) is 2. The van der Waals surface area contributed by atoms with Crippen LogP contribution in [-0.4, -0.2) is 36.7 Å². The molecule has 0 aromatic carbocycles. The van der Waals surface area contributed by atoms with Crippen LogP contribution in [0.5, 0.6) is 0 Å². The van der Waals surface area contributed by atoms with E-state index in [1.807, 2.05) is 36.3 Å². The van der Waals surface area contributed by atoms with Crippen LogP contribution in [0.25, 0.3) is 0 Å². The predicted molar refractivity (Wildman–Crippen MR) is 97.6 cm³/mol. The number of hydrogen-bond acceptors (Lipinski definition) is 2. The van der Waals surface area contributed by atoms with E-state index in [0.717, 1.165) is 24.1 Å². The maximum atomic E-state index is 12.8. The summed E-state index contributed by atoms with van der Waals surface area (Å²) < 4.78 is 0. The fraction of sp³-hybridized carbons (Fsp3) is 0.400. The van der Waals surface area contributed by atoms with Crippen molar-refractivity contribution >= 4 is 11.6 Å². The minimum Gasteiger partial charge on any atom is -0.335 e. The van der Waals surface area contributed by atoms with Crippen LogP contribution in [0, 0.1) is 5.92 Å². The van der Waals surface area contributed by atoms with Gasteiger partial charge in [0.15, 0.2) is 0 Å². The summed E-state index contributed by atoms with van der Waals surface area (Å²) >= 11 is 0. The number of aliphatic imine (C=N–C) groups is 1. The van der Waals surface area contributed by atoms with Gasteiger partial charge in [0.2, 0.25) is 0 Å². The van der Waals surface area contributed by atoms with Gasteiger partial charge >= 0.3 is 0 Å². The molecule has 0 spiro atoms. The lowest BCUT2D eigenvalue weighted by Crippen LogP contribution is -2.37. The van der Waals surface area contributed by atoms with Crippen LogP contribution in [0.3, 0.4) is 0 Å². The van der Waals surface area contributed by atoms with Gasteiger partial charge in [-0.1, -0.05) is 50.3 Å². The monoisotopic (exact) mass is 310 g/mol. The van der Waals surface area contributed by atoms with E-state index in [1.165, 1.54) is 0 Å². The van der Waals surface area contributed by atoms with Gasteiger partial charge in [-0.05, 0) is 36.5 Å². The Bertz CT molecular complexity index is 632. The topological polar surface area (TPSA) is 32.7 Å². The Labute approximate surface area is 139 Å². The number of likely N-dealkylation sites (N-methyl/N-ethyl adjacent to an activating group) is 1. The van der Waals surface area contributed by atoms with Crippen molar-refractivity contribution in [2.24, 2.45) is 10.9 Å². The standard InChI is InChI=1S/C20H26N2O/c1-5-8-16-11-12-17(14-19(16)21-3)20(23)22(4)18-10-7-6-9-15(2)13-18/h6-12,14-15,18H,5,13H2,1-4H3/b16-8-,21-19?. The van der Waals surface area contributed by atoms with E-state index in [4.69, 9.17) is 0 Å². The average Bonchev–Trinajstić information content (AvgIpc) is 2.78. The third-order valence-electron chi connectivity index (χ3n) is 4.26. The average molecular weight is 310 g/mol. The van der Waals surface area contributed by atoms with E-state index >= 15 is 0 Å². The highest BCUT2D eigenvalue weighted by molar-refractivity contribution is 6.16. The zero-order chi connectivity index (χ0) is 16.8. The third kappa shape index (κ3) is 4.19. The molecule has 0 saturated carbocycles. The van der Waals surface area contributed by atoms with Crippen molar-refractivity contribution in [1.29, 1.82) is 0 Å². The Morgan fingerprint density at radius 1 is 1.35 bits per heavy atom. The van der Waals surface area contributed by atoms with E-state index in [9.17, 15) is 4.79 Å². The second kappa shape index (κ2) is 7.91. The molecular formula is C20H26N2O. The van der Waals surface area contributed by atoms with Gasteiger partial charge < -0.3 is 4.90 Å². The molecule has 2 unspecified atom stereocenters. The first-order valence-electron chi connectivity index (χ1n) is 8.26. The zero-order valence-electron chi connectivity index (χ0n) is 14.5. The number of carbonyl (C=O) groups excluding carboxylic acids is 1. The van der Waals surface area contributed by atoms with Crippen LogP contribution < -0.4 is 0 Å². The Kier molecular flexibility index (Phi) is 5.91.